The zero-order valence-corrected chi connectivity index (χ0v) is 19.3. The predicted octanol–water partition coefficient (Wildman–Crippen LogP) is 4.73. The molecule has 1 aromatic heterocycles. The SMILES string of the molecule is Cc1ccc(-c2nc(CC(=O)O)c(-c3ccccc3)c(C(OC(=O)c3ccccc3)C(=O)O)n2)cc1. The molecule has 0 fully saturated rings. The van der Waals surface area contributed by atoms with Crippen LogP contribution in [0.4, 0.5) is 0 Å². The number of benzene rings is 3. The van der Waals surface area contributed by atoms with Gasteiger partial charge in [-0.1, -0.05) is 78.4 Å². The van der Waals surface area contributed by atoms with E-state index in [0.717, 1.165) is 5.56 Å². The Bertz CT molecular complexity index is 1400. The number of aliphatic carboxylic acids is 2. The molecule has 1 unspecified atom stereocenters. The fraction of sp³-hybridized carbons (Fsp3) is 0.107. The van der Waals surface area contributed by atoms with Crippen LogP contribution in [0, 0.1) is 6.92 Å². The minimum Gasteiger partial charge on any atom is -0.481 e. The highest BCUT2D eigenvalue weighted by atomic mass is 16.6. The number of hydrogen-bond acceptors (Lipinski definition) is 6. The highest BCUT2D eigenvalue weighted by Gasteiger charge is 2.32. The molecule has 0 bridgehead atoms. The Balaban J connectivity index is 1.95. The molecule has 0 spiro atoms. The maximum atomic E-state index is 12.8. The van der Waals surface area contributed by atoms with Gasteiger partial charge in [0.05, 0.1) is 17.7 Å². The molecular formula is C28H22N2O6. The van der Waals surface area contributed by atoms with Crippen molar-refractivity contribution in [3.63, 3.8) is 0 Å². The molecule has 0 aliphatic rings. The molecule has 4 aromatic rings. The number of rotatable bonds is 8. The van der Waals surface area contributed by atoms with Crippen molar-refractivity contribution in [2.24, 2.45) is 0 Å². The van der Waals surface area contributed by atoms with Crippen LogP contribution in [0.3, 0.4) is 0 Å². The average molecular weight is 482 g/mol. The van der Waals surface area contributed by atoms with E-state index in [1.165, 1.54) is 12.1 Å². The molecule has 8 nitrogen and oxygen atoms in total. The third-order valence-corrected chi connectivity index (χ3v) is 5.41. The summed E-state index contributed by atoms with van der Waals surface area (Å²) >= 11 is 0. The van der Waals surface area contributed by atoms with E-state index < -0.39 is 30.4 Å². The van der Waals surface area contributed by atoms with Crippen molar-refractivity contribution in [3.05, 3.63) is 107 Å². The van der Waals surface area contributed by atoms with Crippen LogP contribution >= 0.6 is 0 Å². The lowest BCUT2D eigenvalue weighted by molar-refractivity contribution is -0.147. The van der Waals surface area contributed by atoms with E-state index in [2.05, 4.69) is 9.97 Å². The van der Waals surface area contributed by atoms with Gasteiger partial charge in [-0.2, -0.15) is 0 Å². The lowest BCUT2D eigenvalue weighted by atomic mass is 9.96. The minimum atomic E-state index is -1.81. The van der Waals surface area contributed by atoms with Gasteiger partial charge in [0.1, 0.15) is 5.69 Å². The second-order valence-corrected chi connectivity index (χ2v) is 8.05. The predicted molar refractivity (Wildman–Crippen MR) is 131 cm³/mol. The number of ether oxygens (including phenoxy) is 1. The van der Waals surface area contributed by atoms with Crippen LogP contribution in [0.5, 0.6) is 0 Å². The Morgan fingerprint density at radius 1 is 0.806 bits per heavy atom. The Hall–Kier alpha value is -4.85. The van der Waals surface area contributed by atoms with Crippen LogP contribution in [0.15, 0.2) is 84.9 Å². The molecule has 180 valence electrons. The molecule has 1 atom stereocenters. The number of aryl methyl sites for hydroxylation is 1. The first-order valence-corrected chi connectivity index (χ1v) is 11.1. The molecule has 0 radical (unpaired) electrons. The highest BCUT2D eigenvalue weighted by Crippen LogP contribution is 2.34. The molecule has 0 saturated carbocycles. The average Bonchev–Trinajstić information content (AvgIpc) is 2.87. The number of hydrogen-bond donors (Lipinski definition) is 2. The quantitative estimate of drug-likeness (QED) is 0.345. The highest BCUT2D eigenvalue weighted by molar-refractivity contribution is 5.92. The van der Waals surface area contributed by atoms with Gasteiger partial charge in [0.2, 0.25) is 6.10 Å². The summed E-state index contributed by atoms with van der Waals surface area (Å²) in [6.07, 6.45) is -2.30. The number of carbonyl (C=O) groups is 3. The van der Waals surface area contributed by atoms with Crippen molar-refractivity contribution in [2.45, 2.75) is 19.4 Å². The third kappa shape index (κ3) is 5.44. The van der Waals surface area contributed by atoms with Gasteiger partial charge in [-0.25, -0.2) is 19.6 Å². The first-order chi connectivity index (χ1) is 17.3. The number of carboxylic acids is 2. The molecule has 2 N–H and O–H groups in total. The molecule has 0 saturated heterocycles. The summed E-state index contributed by atoms with van der Waals surface area (Å²) in [4.78, 5) is 46.0. The van der Waals surface area contributed by atoms with Gasteiger partial charge >= 0.3 is 17.9 Å². The molecule has 1 heterocycles. The Morgan fingerprint density at radius 2 is 1.42 bits per heavy atom. The van der Waals surface area contributed by atoms with Crippen molar-refractivity contribution in [1.82, 2.24) is 9.97 Å². The summed E-state index contributed by atoms with van der Waals surface area (Å²) in [6.45, 7) is 1.91. The molecule has 0 aliphatic carbocycles. The van der Waals surface area contributed by atoms with E-state index in [1.807, 2.05) is 19.1 Å². The van der Waals surface area contributed by atoms with E-state index in [1.54, 1.807) is 60.7 Å². The fourth-order valence-electron chi connectivity index (χ4n) is 3.71. The van der Waals surface area contributed by atoms with Gasteiger partial charge in [-0.05, 0) is 24.6 Å². The van der Waals surface area contributed by atoms with Crippen molar-refractivity contribution >= 4 is 17.9 Å². The molecule has 3 aromatic carbocycles. The van der Waals surface area contributed by atoms with E-state index in [4.69, 9.17) is 4.74 Å². The smallest absolute Gasteiger partial charge is 0.351 e. The first kappa shape index (κ1) is 24.3. The summed E-state index contributed by atoms with van der Waals surface area (Å²) in [5.41, 5.74) is 2.42. The van der Waals surface area contributed by atoms with Gasteiger partial charge < -0.3 is 14.9 Å². The normalized spacial score (nSPS) is 11.5. The van der Waals surface area contributed by atoms with E-state index in [0.29, 0.717) is 11.1 Å². The standard InChI is InChI=1S/C28H22N2O6/c1-17-12-14-19(15-13-17)26-29-21(16-22(31)32)23(18-8-4-2-5-9-18)24(30-26)25(27(33)34)36-28(35)20-10-6-3-7-11-20/h2-15,25H,16H2,1H3,(H,31,32)(H,33,34). The van der Waals surface area contributed by atoms with Gasteiger partial charge in [0.25, 0.3) is 0 Å². The molecule has 36 heavy (non-hydrogen) atoms. The maximum Gasteiger partial charge on any atom is 0.351 e. The summed E-state index contributed by atoms with van der Waals surface area (Å²) < 4.78 is 5.44. The Kier molecular flexibility index (Phi) is 7.15. The third-order valence-electron chi connectivity index (χ3n) is 5.41. The fourth-order valence-corrected chi connectivity index (χ4v) is 3.71. The van der Waals surface area contributed by atoms with Crippen molar-refractivity contribution in [3.8, 4) is 22.5 Å². The maximum absolute atomic E-state index is 12.8. The lowest BCUT2D eigenvalue weighted by Crippen LogP contribution is -2.23. The molecular weight excluding hydrogens is 460 g/mol. The van der Waals surface area contributed by atoms with Gasteiger partial charge in [-0.15, -0.1) is 0 Å². The first-order valence-electron chi connectivity index (χ1n) is 11.1. The van der Waals surface area contributed by atoms with Gasteiger partial charge in [0, 0.05) is 11.1 Å². The molecule has 4 rings (SSSR count). The van der Waals surface area contributed by atoms with Crippen molar-refractivity contribution in [2.75, 3.05) is 0 Å². The second-order valence-electron chi connectivity index (χ2n) is 8.05. The van der Waals surface area contributed by atoms with Gasteiger partial charge in [-0.3, -0.25) is 4.79 Å². The lowest BCUT2D eigenvalue weighted by Gasteiger charge is -2.20. The largest absolute Gasteiger partial charge is 0.481 e. The number of carbonyl (C=O) groups excluding carboxylic acids is 1. The molecule has 0 amide bonds. The zero-order valence-electron chi connectivity index (χ0n) is 19.3. The van der Waals surface area contributed by atoms with Crippen LogP contribution in [0.25, 0.3) is 22.5 Å². The number of esters is 1. The van der Waals surface area contributed by atoms with Crippen LogP contribution in [0.2, 0.25) is 0 Å². The van der Waals surface area contributed by atoms with E-state index in [-0.39, 0.29) is 28.3 Å². The van der Waals surface area contributed by atoms with E-state index >= 15 is 0 Å². The van der Waals surface area contributed by atoms with E-state index in [9.17, 15) is 24.6 Å². The number of carboxylic acid groups (broad SMARTS) is 2. The van der Waals surface area contributed by atoms with Crippen molar-refractivity contribution < 1.29 is 29.3 Å². The van der Waals surface area contributed by atoms with Crippen molar-refractivity contribution in [1.29, 1.82) is 0 Å². The Labute approximate surface area is 206 Å². The summed E-state index contributed by atoms with van der Waals surface area (Å²) in [5, 5.41) is 19.7. The van der Waals surface area contributed by atoms with Crippen LogP contribution in [0.1, 0.15) is 33.4 Å². The number of nitrogens with zero attached hydrogens (tertiary/aromatic N) is 2. The molecule has 8 heteroatoms. The zero-order chi connectivity index (χ0) is 25.7. The minimum absolute atomic E-state index is 0.108. The summed E-state index contributed by atoms with van der Waals surface area (Å²) in [7, 11) is 0. The van der Waals surface area contributed by atoms with Crippen LogP contribution in [-0.2, 0) is 20.7 Å². The summed E-state index contributed by atoms with van der Waals surface area (Å²) in [6, 6.07) is 23.8. The molecule has 0 aliphatic heterocycles. The van der Waals surface area contributed by atoms with Crippen LogP contribution < -0.4 is 0 Å². The summed E-state index contributed by atoms with van der Waals surface area (Å²) in [5.74, 6) is -3.33. The monoisotopic (exact) mass is 482 g/mol. The number of aromatic nitrogens is 2. The van der Waals surface area contributed by atoms with Gasteiger partial charge in [0.15, 0.2) is 5.82 Å². The second kappa shape index (κ2) is 10.6. The van der Waals surface area contributed by atoms with Crippen LogP contribution in [-0.4, -0.2) is 38.1 Å². The topological polar surface area (TPSA) is 127 Å². The Morgan fingerprint density at radius 3 is 2.00 bits per heavy atom.